The maximum atomic E-state index is 11.7. The van der Waals surface area contributed by atoms with Gasteiger partial charge in [0.15, 0.2) is 5.82 Å². The van der Waals surface area contributed by atoms with Gasteiger partial charge < -0.3 is 5.32 Å². The van der Waals surface area contributed by atoms with E-state index in [0.29, 0.717) is 5.69 Å². The summed E-state index contributed by atoms with van der Waals surface area (Å²) >= 11 is 0. The molecule has 0 unspecified atom stereocenters. The Morgan fingerprint density at radius 3 is 2.95 bits per heavy atom. The van der Waals surface area contributed by atoms with Crippen molar-refractivity contribution in [1.82, 2.24) is 25.2 Å². The quantitative estimate of drug-likeness (QED) is 0.791. The van der Waals surface area contributed by atoms with Gasteiger partial charge in [-0.15, -0.1) is 0 Å². The molecule has 0 bridgehead atoms. The fourth-order valence-electron chi connectivity index (χ4n) is 1.51. The van der Waals surface area contributed by atoms with E-state index in [4.69, 9.17) is 0 Å². The predicted molar refractivity (Wildman–Crippen MR) is 65.3 cm³/mol. The summed E-state index contributed by atoms with van der Waals surface area (Å²) in [6.45, 7) is 4.14. The molecular formula is C11H15N5O3. The van der Waals surface area contributed by atoms with Crippen molar-refractivity contribution in [2.45, 2.75) is 32.9 Å². The smallest absolute Gasteiger partial charge is 0.348 e. The fraction of sp³-hybridized carbons (Fsp3) is 0.455. The van der Waals surface area contributed by atoms with Crippen molar-refractivity contribution in [3.8, 4) is 0 Å². The summed E-state index contributed by atoms with van der Waals surface area (Å²) < 4.78 is 6.11. The number of nitrogens with zero attached hydrogens (tertiary/aromatic N) is 3. The summed E-state index contributed by atoms with van der Waals surface area (Å²) in [4.78, 5) is 24.7. The molecule has 102 valence electrons. The molecule has 0 aliphatic heterocycles. The first-order chi connectivity index (χ1) is 9.04. The Balaban J connectivity index is 1.85. The number of nitrogens with one attached hydrogen (secondary N) is 2. The highest BCUT2D eigenvalue weighted by Gasteiger charge is 2.08. The topological polar surface area (TPSA) is 106 Å². The van der Waals surface area contributed by atoms with Gasteiger partial charge in [-0.25, -0.2) is 4.79 Å². The molecule has 0 aromatic carbocycles. The van der Waals surface area contributed by atoms with Crippen molar-refractivity contribution in [2.24, 2.45) is 0 Å². The SMILES string of the molecule is CC(C)n1ccc(CC(=O)NCc2noc(=O)[nH]2)n1. The van der Waals surface area contributed by atoms with Gasteiger partial charge in [-0.05, 0) is 19.9 Å². The zero-order valence-electron chi connectivity index (χ0n) is 10.7. The highest BCUT2D eigenvalue weighted by molar-refractivity contribution is 5.77. The van der Waals surface area contributed by atoms with Gasteiger partial charge in [0.25, 0.3) is 0 Å². The zero-order valence-corrected chi connectivity index (χ0v) is 10.7. The van der Waals surface area contributed by atoms with Crippen LogP contribution in [0, 0.1) is 0 Å². The van der Waals surface area contributed by atoms with Crippen LogP contribution >= 0.6 is 0 Å². The summed E-state index contributed by atoms with van der Waals surface area (Å²) in [6, 6.07) is 2.06. The van der Waals surface area contributed by atoms with Crippen LogP contribution in [-0.4, -0.2) is 25.8 Å². The largest absolute Gasteiger partial charge is 0.438 e. The molecule has 1 amide bonds. The van der Waals surface area contributed by atoms with E-state index in [0.717, 1.165) is 0 Å². The molecule has 0 saturated heterocycles. The molecular weight excluding hydrogens is 250 g/mol. The lowest BCUT2D eigenvalue weighted by atomic mass is 10.3. The lowest BCUT2D eigenvalue weighted by molar-refractivity contribution is -0.120. The summed E-state index contributed by atoms with van der Waals surface area (Å²) in [5, 5.41) is 10.3. The van der Waals surface area contributed by atoms with Crippen LogP contribution in [0.3, 0.4) is 0 Å². The maximum absolute atomic E-state index is 11.7. The lowest BCUT2D eigenvalue weighted by Crippen LogP contribution is -2.25. The van der Waals surface area contributed by atoms with Crippen LogP contribution in [0.1, 0.15) is 31.4 Å². The van der Waals surface area contributed by atoms with Gasteiger partial charge in [-0.1, -0.05) is 5.16 Å². The molecule has 8 nitrogen and oxygen atoms in total. The molecule has 0 aliphatic rings. The third-order valence-corrected chi connectivity index (χ3v) is 2.47. The highest BCUT2D eigenvalue weighted by atomic mass is 16.5. The number of carbonyl (C=O) groups excluding carboxylic acids is 1. The molecule has 2 heterocycles. The van der Waals surface area contributed by atoms with Gasteiger partial charge in [0.2, 0.25) is 5.91 Å². The average Bonchev–Trinajstić information content (AvgIpc) is 2.96. The Labute approximate surface area is 108 Å². The van der Waals surface area contributed by atoms with E-state index in [1.807, 2.05) is 20.0 Å². The van der Waals surface area contributed by atoms with Crippen LogP contribution < -0.4 is 11.1 Å². The maximum Gasteiger partial charge on any atom is 0.438 e. The van der Waals surface area contributed by atoms with E-state index in [1.54, 1.807) is 10.7 Å². The van der Waals surface area contributed by atoms with E-state index in [9.17, 15) is 9.59 Å². The number of hydrogen-bond donors (Lipinski definition) is 2. The Bertz CT molecular complexity index is 610. The van der Waals surface area contributed by atoms with Crippen LogP contribution in [0.25, 0.3) is 0 Å². The Hall–Kier alpha value is -2.38. The molecule has 0 fully saturated rings. The molecule has 2 aromatic heterocycles. The number of carbonyl (C=O) groups is 1. The van der Waals surface area contributed by atoms with E-state index in [-0.39, 0.29) is 30.7 Å². The Morgan fingerprint density at radius 2 is 2.37 bits per heavy atom. The summed E-state index contributed by atoms with van der Waals surface area (Å²) in [5.74, 6) is -0.552. The first-order valence-corrected chi connectivity index (χ1v) is 5.90. The van der Waals surface area contributed by atoms with Crippen molar-refractivity contribution < 1.29 is 9.32 Å². The molecule has 2 rings (SSSR count). The number of aromatic nitrogens is 4. The number of aromatic amines is 1. The second-order valence-electron chi connectivity index (χ2n) is 4.38. The van der Waals surface area contributed by atoms with Gasteiger partial charge in [0, 0.05) is 12.2 Å². The van der Waals surface area contributed by atoms with Crippen molar-refractivity contribution in [3.05, 3.63) is 34.3 Å². The zero-order chi connectivity index (χ0) is 13.8. The normalized spacial score (nSPS) is 10.9. The second-order valence-corrected chi connectivity index (χ2v) is 4.38. The van der Waals surface area contributed by atoms with Gasteiger partial charge in [-0.2, -0.15) is 5.10 Å². The van der Waals surface area contributed by atoms with Gasteiger partial charge in [-0.3, -0.25) is 19.0 Å². The molecule has 0 atom stereocenters. The molecule has 0 aliphatic carbocycles. The van der Waals surface area contributed by atoms with E-state index < -0.39 is 5.76 Å². The summed E-state index contributed by atoms with van der Waals surface area (Å²) in [7, 11) is 0. The van der Waals surface area contributed by atoms with Crippen molar-refractivity contribution in [1.29, 1.82) is 0 Å². The van der Waals surface area contributed by atoms with Gasteiger partial charge >= 0.3 is 5.76 Å². The van der Waals surface area contributed by atoms with E-state index in [1.165, 1.54) is 0 Å². The standard InChI is InChI=1S/C11H15N5O3/c1-7(2)16-4-3-8(14-16)5-10(17)12-6-9-13-11(18)19-15-9/h3-4,7H,5-6H2,1-2H3,(H,12,17)(H,13,15,18). The van der Waals surface area contributed by atoms with Crippen molar-refractivity contribution >= 4 is 5.91 Å². The Morgan fingerprint density at radius 1 is 1.58 bits per heavy atom. The fourth-order valence-corrected chi connectivity index (χ4v) is 1.51. The predicted octanol–water partition coefficient (Wildman–Crippen LogP) is -0.000800. The minimum Gasteiger partial charge on any atom is -0.348 e. The second kappa shape index (κ2) is 5.51. The third-order valence-electron chi connectivity index (χ3n) is 2.47. The summed E-state index contributed by atoms with van der Waals surface area (Å²) in [5.41, 5.74) is 0.694. The molecule has 2 aromatic rings. The Kier molecular flexibility index (Phi) is 3.79. The number of hydrogen-bond acceptors (Lipinski definition) is 5. The molecule has 19 heavy (non-hydrogen) atoms. The summed E-state index contributed by atoms with van der Waals surface area (Å²) in [6.07, 6.45) is 2.02. The van der Waals surface area contributed by atoms with Crippen LogP contribution in [0.5, 0.6) is 0 Å². The number of rotatable bonds is 5. The molecule has 0 radical (unpaired) electrons. The molecule has 2 N–H and O–H groups in total. The molecule has 0 saturated carbocycles. The van der Waals surface area contributed by atoms with Crippen molar-refractivity contribution in [2.75, 3.05) is 0 Å². The minimum atomic E-state index is -0.639. The van der Waals surface area contributed by atoms with Gasteiger partial charge in [0.05, 0.1) is 18.7 Å². The number of H-pyrrole nitrogens is 1. The average molecular weight is 265 g/mol. The van der Waals surface area contributed by atoms with Crippen molar-refractivity contribution in [3.63, 3.8) is 0 Å². The van der Waals surface area contributed by atoms with Crippen LogP contribution in [0.2, 0.25) is 0 Å². The minimum absolute atomic E-state index is 0.120. The van der Waals surface area contributed by atoms with Crippen LogP contribution in [0.15, 0.2) is 21.6 Å². The highest BCUT2D eigenvalue weighted by Crippen LogP contribution is 2.04. The van der Waals surface area contributed by atoms with E-state index in [2.05, 4.69) is 25.1 Å². The molecule has 0 spiro atoms. The first-order valence-electron chi connectivity index (χ1n) is 5.90. The first kappa shape index (κ1) is 13.1. The number of amides is 1. The van der Waals surface area contributed by atoms with E-state index >= 15 is 0 Å². The lowest BCUT2D eigenvalue weighted by Gasteiger charge is -2.04. The van der Waals surface area contributed by atoms with Crippen LogP contribution in [-0.2, 0) is 17.8 Å². The molecule has 8 heteroatoms. The van der Waals surface area contributed by atoms with Gasteiger partial charge in [0.1, 0.15) is 0 Å². The monoisotopic (exact) mass is 265 g/mol. The van der Waals surface area contributed by atoms with Crippen LogP contribution in [0.4, 0.5) is 0 Å². The third kappa shape index (κ3) is 3.54.